The molecule has 0 bridgehead atoms. The summed E-state index contributed by atoms with van der Waals surface area (Å²) in [6.45, 7) is 10.1. The Balaban J connectivity index is 1.34. The molecule has 0 aliphatic carbocycles. The molecule has 0 spiro atoms. The van der Waals surface area contributed by atoms with Gasteiger partial charge >= 0.3 is 0 Å². The number of carbonyl (C=O) groups excluding carboxylic acids is 1. The number of benzene rings is 2. The molecule has 3 aromatic rings. The van der Waals surface area contributed by atoms with Crippen LogP contribution in [0.5, 0.6) is 0 Å². The SMILES string of the molecule is Cc1cc(C2CCN(C(=O)[C@@H]3CN(C(C)(C)C)C[C@H]3c3ccc(F)cc3F)CC2)n(-c2cc(F)cc(F)c2)n1. The van der Waals surface area contributed by atoms with Crippen LogP contribution in [0.15, 0.2) is 42.5 Å². The molecule has 39 heavy (non-hydrogen) atoms. The van der Waals surface area contributed by atoms with E-state index in [-0.39, 0.29) is 23.3 Å². The van der Waals surface area contributed by atoms with E-state index < -0.39 is 29.2 Å². The Kier molecular flexibility index (Phi) is 7.31. The number of nitrogens with zero attached hydrogens (tertiary/aromatic N) is 4. The number of amides is 1. The maximum absolute atomic E-state index is 14.8. The van der Waals surface area contributed by atoms with E-state index in [0.717, 1.165) is 23.5 Å². The van der Waals surface area contributed by atoms with Gasteiger partial charge in [-0.15, -0.1) is 0 Å². The third kappa shape index (κ3) is 5.60. The van der Waals surface area contributed by atoms with Gasteiger partial charge < -0.3 is 4.90 Å². The second-order valence-electron chi connectivity index (χ2n) is 11.8. The van der Waals surface area contributed by atoms with Crippen molar-refractivity contribution in [1.82, 2.24) is 19.6 Å². The highest BCUT2D eigenvalue weighted by Gasteiger charge is 2.44. The van der Waals surface area contributed by atoms with Crippen molar-refractivity contribution in [3.8, 4) is 5.69 Å². The fourth-order valence-corrected chi connectivity index (χ4v) is 6.03. The molecule has 0 saturated carbocycles. The molecule has 2 fully saturated rings. The lowest BCUT2D eigenvalue weighted by atomic mass is 9.86. The Morgan fingerprint density at radius 2 is 1.56 bits per heavy atom. The van der Waals surface area contributed by atoms with E-state index in [4.69, 9.17) is 0 Å². The third-order valence-corrected chi connectivity index (χ3v) is 8.12. The molecular weight excluding hydrogens is 508 g/mol. The summed E-state index contributed by atoms with van der Waals surface area (Å²) in [5, 5.41) is 4.48. The summed E-state index contributed by atoms with van der Waals surface area (Å²) in [5.41, 5.74) is 2.09. The van der Waals surface area contributed by atoms with Crippen molar-refractivity contribution in [2.75, 3.05) is 26.2 Å². The van der Waals surface area contributed by atoms with Gasteiger partial charge in [0.05, 0.1) is 17.3 Å². The molecule has 5 rings (SSSR count). The summed E-state index contributed by atoms with van der Waals surface area (Å²) in [4.78, 5) is 17.9. The van der Waals surface area contributed by atoms with Crippen LogP contribution in [-0.2, 0) is 4.79 Å². The number of hydrogen-bond acceptors (Lipinski definition) is 3. The first-order chi connectivity index (χ1) is 18.4. The topological polar surface area (TPSA) is 41.4 Å². The Labute approximate surface area is 226 Å². The summed E-state index contributed by atoms with van der Waals surface area (Å²) in [6, 6.07) is 8.88. The van der Waals surface area contributed by atoms with Crippen molar-refractivity contribution >= 4 is 5.91 Å². The molecule has 0 radical (unpaired) electrons. The number of likely N-dealkylation sites (tertiary alicyclic amines) is 2. The predicted molar refractivity (Wildman–Crippen MR) is 141 cm³/mol. The van der Waals surface area contributed by atoms with Crippen LogP contribution in [0.4, 0.5) is 17.6 Å². The normalized spacial score (nSPS) is 21.1. The van der Waals surface area contributed by atoms with Crippen LogP contribution in [0.25, 0.3) is 5.69 Å². The zero-order valence-corrected chi connectivity index (χ0v) is 22.7. The first kappa shape index (κ1) is 27.4. The zero-order chi connectivity index (χ0) is 28.1. The smallest absolute Gasteiger partial charge is 0.227 e. The number of aryl methyl sites for hydroxylation is 1. The second-order valence-corrected chi connectivity index (χ2v) is 11.8. The lowest BCUT2D eigenvalue weighted by Crippen LogP contribution is -2.44. The van der Waals surface area contributed by atoms with Gasteiger partial charge in [0.25, 0.3) is 0 Å². The molecule has 0 unspecified atom stereocenters. The highest BCUT2D eigenvalue weighted by atomic mass is 19.1. The number of hydrogen-bond donors (Lipinski definition) is 0. The van der Waals surface area contributed by atoms with Gasteiger partial charge in [-0.1, -0.05) is 6.07 Å². The average molecular weight is 543 g/mol. The van der Waals surface area contributed by atoms with E-state index in [9.17, 15) is 22.4 Å². The van der Waals surface area contributed by atoms with E-state index in [0.29, 0.717) is 50.3 Å². The molecule has 2 saturated heterocycles. The molecule has 2 aromatic carbocycles. The monoisotopic (exact) mass is 542 g/mol. The van der Waals surface area contributed by atoms with Gasteiger partial charge in [-0.05, 0) is 70.4 Å². The Hall–Kier alpha value is -3.20. The maximum Gasteiger partial charge on any atom is 0.227 e. The van der Waals surface area contributed by atoms with Gasteiger partial charge in [0.2, 0.25) is 5.91 Å². The van der Waals surface area contributed by atoms with Crippen molar-refractivity contribution in [3.05, 3.63) is 82.7 Å². The molecule has 1 amide bonds. The van der Waals surface area contributed by atoms with Gasteiger partial charge in [0, 0.05) is 61.4 Å². The highest BCUT2D eigenvalue weighted by Crippen LogP contribution is 2.39. The fourth-order valence-electron chi connectivity index (χ4n) is 6.03. The Morgan fingerprint density at radius 1 is 0.897 bits per heavy atom. The van der Waals surface area contributed by atoms with Crippen LogP contribution < -0.4 is 0 Å². The largest absolute Gasteiger partial charge is 0.342 e. The van der Waals surface area contributed by atoms with E-state index >= 15 is 0 Å². The molecule has 208 valence electrons. The number of carbonyl (C=O) groups is 1. The number of piperidine rings is 1. The van der Waals surface area contributed by atoms with E-state index in [1.165, 1.54) is 24.3 Å². The summed E-state index contributed by atoms with van der Waals surface area (Å²) in [7, 11) is 0. The van der Waals surface area contributed by atoms with Crippen LogP contribution in [0.1, 0.15) is 62.4 Å². The Morgan fingerprint density at radius 3 is 2.18 bits per heavy atom. The molecular formula is C30H34F4N4O. The maximum atomic E-state index is 14.8. The number of rotatable bonds is 4. The van der Waals surface area contributed by atoms with E-state index in [1.54, 1.807) is 4.68 Å². The second kappa shape index (κ2) is 10.4. The third-order valence-electron chi connectivity index (χ3n) is 8.12. The first-order valence-electron chi connectivity index (χ1n) is 13.4. The standard InChI is InChI=1S/C30H34F4N4O/c1-18-11-28(38(35-18)23-13-21(32)12-22(33)14-23)19-7-9-36(10-8-19)29(39)26-17-37(30(2,3)4)16-25(26)24-6-5-20(31)15-27(24)34/h5-6,11-15,19,25-26H,7-10,16-17H2,1-4H3/t25-,26+/m0/s1. The van der Waals surface area contributed by atoms with Crippen LogP contribution in [0.2, 0.25) is 0 Å². The van der Waals surface area contributed by atoms with Crippen molar-refractivity contribution in [1.29, 1.82) is 0 Å². The molecule has 0 N–H and O–H groups in total. The summed E-state index contributed by atoms with van der Waals surface area (Å²) in [6.07, 6.45) is 1.33. The summed E-state index contributed by atoms with van der Waals surface area (Å²) >= 11 is 0. The summed E-state index contributed by atoms with van der Waals surface area (Å²) < 4.78 is 57.9. The van der Waals surface area contributed by atoms with Gasteiger partial charge in [-0.25, -0.2) is 22.2 Å². The molecule has 2 atom stereocenters. The van der Waals surface area contributed by atoms with Gasteiger partial charge in [-0.2, -0.15) is 5.10 Å². The van der Waals surface area contributed by atoms with Gasteiger partial charge in [0.15, 0.2) is 0 Å². The van der Waals surface area contributed by atoms with Crippen molar-refractivity contribution < 1.29 is 22.4 Å². The van der Waals surface area contributed by atoms with Crippen LogP contribution in [0, 0.1) is 36.1 Å². The highest BCUT2D eigenvalue weighted by molar-refractivity contribution is 5.81. The molecule has 3 heterocycles. The predicted octanol–water partition coefficient (Wildman–Crippen LogP) is 5.96. The number of aromatic nitrogens is 2. The lowest BCUT2D eigenvalue weighted by Gasteiger charge is -2.35. The lowest BCUT2D eigenvalue weighted by molar-refractivity contribution is -0.136. The zero-order valence-electron chi connectivity index (χ0n) is 22.7. The van der Waals surface area contributed by atoms with Crippen LogP contribution in [0.3, 0.4) is 0 Å². The summed E-state index contributed by atoms with van der Waals surface area (Å²) in [5.74, 6) is -3.37. The van der Waals surface area contributed by atoms with E-state index in [2.05, 4.69) is 30.8 Å². The molecule has 5 nitrogen and oxygen atoms in total. The van der Waals surface area contributed by atoms with Crippen LogP contribution >= 0.6 is 0 Å². The number of halogens is 4. The average Bonchev–Trinajstić information content (AvgIpc) is 3.47. The van der Waals surface area contributed by atoms with Crippen molar-refractivity contribution in [2.24, 2.45) is 5.92 Å². The van der Waals surface area contributed by atoms with Crippen LogP contribution in [-0.4, -0.2) is 57.2 Å². The minimum atomic E-state index is -0.669. The molecule has 2 aliphatic rings. The minimum Gasteiger partial charge on any atom is -0.342 e. The quantitative estimate of drug-likeness (QED) is 0.382. The molecule has 2 aliphatic heterocycles. The first-order valence-corrected chi connectivity index (χ1v) is 13.4. The Bertz CT molecular complexity index is 1350. The molecule has 9 heteroatoms. The van der Waals surface area contributed by atoms with Gasteiger partial charge in [-0.3, -0.25) is 9.69 Å². The minimum absolute atomic E-state index is 0.0224. The van der Waals surface area contributed by atoms with E-state index in [1.807, 2.05) is 17.9 Å². The fraction of sp³-hybridized carbons (Fsp3) is 0.467. The van der Waals surface area contributed by atoms with Crippen molar-refractivity contribution in [3.63, 3.8) is 0 Å². The molecule has 1 aromatic heterocycles. The van der Waals surface area contributed by atoms with Gasteiger partial charge in [0.1, 0.15) is 23.3 Å². The van der Waals surface area contributed by atoms with Crippen molar-refractivity contribution in [2.45, 2.75) is 57.9 Å².